The third-order valence-electron chi connectivity index (χ3n) is 2.57. The molecule has 0 aliphatic carbocycles. The molecule has 0 radical (unpaired) electrons. The van der Waals surface area contributed by atoms with Crippen LogP contribution < -0.4 is 5.32 Å². The lowest BCUT2D eigenvalue weighted by Crippen LogP contribution is -2.37. The van der Waals surface area contributed by atoms with E-state index in [4.69, 9.17) is 5.11 Å². The van der Waals surface area contributed by atoms with Crippen LogP contribution in [0, 0.1) is 12.7 Å². The highest BCUT2D eigenvalue weighted by molar-refractivity contribution is 5.89. The zero-order chi connectivity index (χ0) is 13.5. The van der Waals surface area contributed by atoms with Gasteiger partial charge in [-0.2, -0.15) is 0 Å². The van der Waals surface area contributed by atoms with Crippen LogP contribution in [0.15, 0.2) is 18.2 Å². The van der Waals surface area contributed by atoms with Gasteiger partial charge in [0, 0.05) is 18.8 Å². The summed E-state index contributed by atoms with van der Waals surface area (Å²) in [6, 6.07) is 4.23. The number of amides is 2. The van der Waals surface area contributed by atoms with Crippen LogP contribution in [0.5, 0.6) is 0 Å². The van der Waals surface area contributed by atoms with E-state index in [1.165, 1.54) is 11.0 Å². The molecule has 2 N–H and O–H groups in total. The minimum absolute atomic E-state index is 0.0876. The molecule has 0 saturated carbocycles. The maximum atomic E-state index is 13.3. The lowest BCUT2D eigenvalue weighted by molar-refractivity contribution is 0.188. The zero-order valence-electron chi connectivity index (χ0n) is 10.7. The second-order valence-electron chi connectivity index (χ2n) is 4.10. The molecule has 18 heavy (non-hydrogen) atoms. The number of hydrogen-bond acceptors (Lipinski definition) is 2. The standard InChI is InChI=1S/C13H19FN2O2/c1-3-6-16(7-8-17)13(18)15-11-5-4-10(2)12(14)9-11/h4-5,9,17H,3,6-8H2,1-2H3,(H,15,18). The van der Waals surface area contributed by atoms with Gasteiger partial charge < -0.3 is 15.3 Å². The van der Waals surface area contributed by atoms with Crippen molar-refractivity contribution < 1.29 is 14.3 Å². The highest BCUT2D eigenvalue weighted by Gasteiger charge is 2.12. The van der Waals surface area contributed by atoms with Crippen LogP contribution in [0.4, 0.5) is 14.9 Å². The molecule has 100 valence electrons. The first kappa shape index (κ1) is 14.4. The van der Waals surface area contributed by atoms with Crippen LogP contribution in [0.2, 0.25) is 0 Å². The van der Waals surface area contributed by atoms with Crippen molar-refractivity contribution >= 4 is 11.7 Å². The maximum absolute atomic E-state index is 13.3. The summed E-state index contributed by atoms with van der Waals surface area (Å²) in [6.45, 7) is 4.35. The fourth-order valence-electron chi connectivity index (χ4n) is 1.58. The fourth-order valence-corrected chi connectivity index (χ4v) is 1.58. The number of nitrogens with zero attached hydrogens (tertiary/aromatic N) is 1. The molecule has 0 heterocycles. The summed E-state index contributed by atoms with van der Waals surface area (Å²) in [6.07, 6.45) is 0.801. The Bertz CT molecular complexity index is 404. The van der Waals surface area contributed by atoms with Gasteiger partial charge in [-0.05, 0) is 31.0 Å². The lowest BCUT2D eigenvalue weighted by atomic mass is 10.2. The Morgan fingerprint density at radius 3 is 2.72 bits per heavy atom. The van der Waals surface area contributed by atoms with Crippen molar-refractivity contribution in [1.82, 2.24) is 4.90 Å². The molecule has 0 unspecified atom stereocenters. The van der Waals surface area contributed by atoms with Crippen LogP contribution in [0.1, 0.15) is 18.9 Å². The molecule has 5 heteroatoms. The topological polar surface area (TPSA) is 52.6 Å². The van der Waals surface area contributed by atoms with Gasteiger partial charge in [-0.25, -0.2) is 9.18 Å². The number of rotatable bonds is 5. The first-order valence-corrected chi connectivity index (χ1v) is 6.01. The molecule has 1 aromatic carbocycles. The second-order valence-corrected chi connectivity index (χ2v) is 4.10. The highest BCUT2D eigenvalue weighted by atomic mass is 19.1. The fraction of sp³-hybridized carbons (Fsp3) is 0.462. The Morgan fingerprint density at radius 2 is 2.17 bits per heavy atom. The molecule has 0 aliphatic heterocycles. The number of anilines is 1. The predicted octanol–water partition coefficient (Wildman–Crippen LogP) is 2.37. The number of carbonyl (C=O) groups is 1. The van der Waals surface area contributed by atoms with Crippen LogP contribution in [-0.2, 0) is 0 Å². The van der Waals surface area contributed by atoms with E-state index in [9.17, 15) is 9.18 Å². The van der Waals surface area contributed by atoms with Gasteiger partial charge in [0.15, 0.2) is 0 Å². The molecule has 0 bridgehead atoms. The summed E-state index contributed by atoms with van der Waals surface area (Å²) in [4.78, 5) is 13.4. The number of urea groups is 1. The van der Waals surface area contributed by atoms with Crippen LogP contribution in [0.25, 0.3) is 0 Å². The van der Waals surface area contributed by atoms with E-state index in [1.54, 1.807) is 19.1 Å². The smallest absolute Gasteiger partial charge is 0.321 e. The molecular weight excluding hydrogens is 235 g/mol. The van der Waals surface area contributed by atoms with Crippen molar-refractivity contribution in [3.8, 4) is 0 Å². The number of nitrogens with one attached hydrogen (secondary N) is 1. The minimum Gasteiger partial charge on any atom is -0.395 e. The van der Waals surface area contributed by atoms with Crippen molar-refractivity contribution in [1.29, 1.82) is 0 Å². The molecule has 1 rings (SSSR count). The SMILES string of the molecule is CCCN(CCO)C(=O)Nc1ccc(C)c(F)c1. The number of aryl methyl sites for hydroxylation is 1. The Kier molecular flexibility index (Phi) is 5.58. The van der Waals surface area contributed by atoms with E-state index in [0.717, 1.165) is 6.42 Å². The van der Waals surface area contributed by atoms with E-state index < -0.39 is 0 Å². The van der Waals surface area contributed by atoms with E-state index in [1.807, 2.05) is 6.92 Å². The molecule has 0 saturated heterocycles. The van der Waals surface area contributed by atoms with Gasteiger partial charge >= 0.3 is 6.03 Å². The van der Waals surface area contributed by atoms with Crippen molar-refractivity contribution in [3.05, 3.63) is 29.6 Å². The molecule has 0 aliphatic rings. The van der Waals surface area contributed by atoms with Crippen molar-refractivity contribution in [2.24, 2.45) is 0 Å². The first-order valence-electron chi connectivity index (χ1n) is 6.01. The Morgan fingerprint density at radius 1 is 1.44 bits per heavy atom. The lowest BCUT2D eigenvalue weighted by Gasteiger charge is -2.21. The number of carbonyl (C=O) groups excluding carboxylic acids is 1. The molecule has 0 atom stereocenters. The maximum Gasteiger partial charge on any atom is 0.321 e. The number of aliphatic hydroxyl groups excluding tert-OH is 1. The minimum atomic E-state index is -0.350. The largest absolute Gasteiger partial charge is 0.395 e. The summed E-state index contributed by atoms with van der Waals surface area (Å²) < 4.78 is 13.3. The number of hydrogen-bond donors (Lipinski definition) is 2. The molecule has 0 aromatic heterocycles. The van der Waals surface area contributed by atoms with E-state index in [-0.39, 0.29) is 25.0 Å². The van der Waals surface area contributed by atoms with Crippen molar-refractivity contribution in [2.45, 2.75) is 20.3 Å². The number of halogens is 1. The van der Waals surface area contributed by atoms with E-state index >= 15 is 0 Å². The highest BCUT2D eigenvalue weighted by Crippen LogP contribution is 2.14. The van der Waals surface area contributed by atoms with Gasteiger partial charge in [-0.3, -0.25) is 0 Å². The third-order valence-corrected chi connectivity index (χ3v) is 2.57. The summed E-state index contributed by atoms with van der Waals surface area (Å²) in [5, 5.41) is 11.5. The van der Waals surface area contributed by atoms with Crippen molar-refractivity contribution in [3.63, 3.8) is 0 Å². The predicted molar refractivity (Wildman–Crippen MR) is 69.1 cm³/mol. The average molecular weight is 254 g/mol. The second kappa shape index (κ2) is 6.96. The van der Waals surface area contributed by atoms with Gasteiger partial charge in [0.05, 0.1) is 6.61 Å². The monoisotopic (exact) mass is 254 g/mol. The molecule has 2 amide bonds. The summed E-state index contributed by atoms with van der Waals surface area (Å²) >= 11 is 0. The normalized spacial score (nSPS) is 10.2. The molecule has 0 spiro atoms. The number of aliphatic hydroxyl groups is 1. The molecule has 0 fully saturated rings. The van der Waals surface area contributed by atoms with E-state index in [2.05, 4.69) is 5.32 Å². The Balaban J connectivity index is 2.69. The van der Waals surface area contributed by atoms with E-state index in [0.29, 0.717) is 17.8 Å². The van der Waals surface area contributed by atoms with Gasteiger partial charge in [-0.15, -0.1) is 0 Å². The van der Waals surface area contributed by atoms with Crippen molar-refractivity contribution in [2.75, 3.05) is 25.0 Å². The van der Waals surface area contributed by atoms with Gasteiger partial charge in [0.1, 0.15) is 5.82 Å². The summed E-state index contributed by atoms with van der Waals surface area (Å²) in [7, 11) is 0. The average Bonchev–Trinajstić information content (AvgIpc) is 2.33. The third kappa shape index (κ3) is 4.00. The summed E-state index contributed by atoms with van der Waals surface area (Å²) in [5.41, 5.74) is 0.955. The number of benzene rings is 1. The summed E-state index contributed by atoms with van der Waals surface area (Å²) in [5.74, 6) is -0.350. The Hall–Kier alpha value is -1.62. The molecular formula is C13H19FN2O2. The zero-order valence-corrected chi connectivity index (χ0v) is 10.7. The van der Waals surface area contributed by atoms with Crippen LogP contribution in [0.3, 0.4) is 0 Å². The van der Waals surface area contributed by atoms with Crippen LogP contribution >= 0.6 is 0 Å². The first-order chi connectivity index (χ1) is 8.58. The van der Waals surface area contributed by atoms with Gasteiger partial charge in [0.2, 0.25) is 0 Å². The molecule has 1 aromatic rings. The molecule has 4 nitrogen and oxygen atoms in total. The van der Waals surface area contributed by atoms with Gasteiger partial charge in [-0.1, -0.05) is 13.0 Å². The quantitative estimate of drug-likeness (QED) is 0.847. The van der Waals surface area contributed by atoms with Gasteiger partial charge in [0.25, 0.3) is 0 Å². The van der Waals surface area contributed by atoms with Crippen LogP contribution in [-0.4, -0.2) is 35.7 Å². The Labute approximate surface area is 106 Å².